The number of amides is 1. The molecule has 1 fully saturated rings. The van der Waals surface area contributed by atoms with Crippen molar-refractivity contribution in [2.75, 3.05) is 18.4 Å². The van der Waals surface area contributed by atoms with Crippen molar-refractivity contribution in [2.45, 2.75) is 25.3 Å². The lowest BCUT2D eigenvalue weighted by atomic mass is 10.0. The summed E-state index contributed by atoms with van der Waals surface area (Å²) in [4.78, 5) is 25.0. The van der Waals surface area contributed by atoms with Crippen molar-refractivity contribution in [3.63, 3.8) is 0 Å². The topological polar surface area (TPSA) is 49.4 Å². The number of benzene rings is 1. The smallest absolute Gasteiger partial charge is 0.238 e. The number of aldehydes is 1. The SMILES string of the molecule is O=CC1CCCCN1CC(=O)Nc1ccc(Br)cc1Br. The molecule has 20 heavy (non-hydrogen) atoms. The highest BCUT2D eigenvalue weighted by Gasteiger charge is 2.23. The van der Waals surface area contributed by atoms with Gasteiger partial charge in [-0.25, -0.2) is 0 Å². The average molecular weight is 404 g/mol. The van der Waals surface area contributed by atoms with E-state index >= 15 is 0 Å². The van der Waals surface area contributed by atoms with Crippen LogP contribution < -0.4 is 5.32 Å². The summed E-state index contributed by atoms with van der Waals surface area (Å²) < 4.78 is 1.77. The fraction of sp³-hybridized carbons (Fsp3) is 0.429. The van der Waals surface area contributed by atoms with Crippen LogP contribution in [0.4, 0.5) is 5.69 Å². The average Bonchev–Trinajstić information content (AvgIpc) is 2.42. The number of rotatable bonds is 4. The largest absolute Gasteiger partial charge is 0.324 e. The minimum atomic E-state index is -0.122. The van der Waals surface area contributed by atoms with Crippen LogP contribution in [0.2, 0.25) is 0 Å². The first-order valence-electron chi connectivity index (χ1n) is 6.54. The molecule has 1 saturated heterocycles. The Labute approximate surface area is 135 Å². The fourth-order valence-electron chi connectivity index (χ4n) is 2.33. The van der Waals surface area contributed by atoms with Gasteiger partial charge in [-0.2, -0.15) is 0 Å². The Balaban J connectivity index is 1.96. The van der Waals surface area contributed by atoms with Crippen LogP contribution in [0, 0.1) is 0 Å². The van der Waals surface area contributed by atoms with E-state index in [0.29, 0.717) is 0 Å². The Morgan fingerprint density at radius 2 is 2.20 bits per heavy atom. The molecule has 1 atom stereocenters. The Morgan fingerprint density at radius 3 is 2.90 bits per heavy atom. The van der Waals surface area contributed by atoms with Crippen molar-refractivity contribution in [3.05, 3.63) is 27.1 Å². The fourth-order valence-corrected chi connectivity index (χ4v) is 3.48. The van der Waals surface area contributed by atoms with E-state index in [9.17, 15) is 9.59 Å². The monoisotopic (exact) mass is 402 g/mol. The zero-order chi connectivity index (χ0) is 14.5. The number of nitrogens with one attached hydrogen (secondary N) is 1. The van der Waals surface area contributed by atoms with Gasteiger partial charge in [-0.3, -0.25) is 9.69 Å². The van der Waals surface area contributed by atoms with E-state index in [2.05, 4.69) is 37.2 Å². The zero-order valence-electron chi connectivity index (χ0n) is 10.9. The molecular formula is C14H16Br2N2O2. The molecule has 1 N–H and O–H groups in total. The molecule has 1 aromatic rings. The number of carbonyl (C=O) groups excluding carboxylic acids is 2. The van der Waals surface area contributed by atoms with Crippen LogP contribution in [0.15, 0.2) is 27.1 Å². The summed E-state index contributed by atoms with van der Waals surface area (Å²) in [6.07, 6.45) is 3.89. The van der Waals surface area contributed by atoms with Gasteiger partial charge in [0.1, 0.15) is 6.29 Å². The molecule has 2 rings (SSSR count). The Hall–Kier alpha value is -0.720. The molecule has 1 unspecified atom stereocenters. The van der Waals surface area contributed by atoms with Gasteiger partial charge >= 0.3 is 0 Å². The standard InChI is InChI=1S/C14H16Br2N2O2/c15-10-4-5-13(12(16)7-10)17-14(20)8-18-6-2-1-3-11(18)9-19/h4-5,7,9,11H,1-3,6,8H2,(H,17,20). The highest BCUT2D eigenvalue weighted by molar-refractivity contribution is 9.11. The number of hydrogen-bond acceptors (Lipinski definition) is 3. The Morgan fingerprint density at radius 1 is 1.40 bits per heavy atom. The number of halogens is 2. The maximum absolute atomic E-state index is 12.1. The van der Waals surface area contributed by atoms with Crippen molar-refractivity contribution in [2.24, 2.45) is 0 Å². The molecule has 1 aliphatic rings. The maximum atomic E-state index is 12.1. The van der Waals surface area contributed by atoms with E-state index in [1.54, 1.807) is 0 Å². The molecule has 1 heterocycles. The first kappa shape index (κ1) is 15.7. The number of likely N-dealkylation sites (tertiary alicyclic amines) is 1. The van der Waals surface area contributed by atoms with E-state index < -0.39 is 0 Å². The molecule has 0 radical (unpaired) electrons. The number of piperidine rings is 1. The molecule has 1 aromatic carbocycles. The second kappa shape index (κ2) is 7.33. The van der Waals surface area contributed by atoms with Crippen molar-refractivity contribution in [1.29, 1.82) is 0 Å². The van der Waals surface area contributed by atoms with E-state index in [-0.39, 0.29) is 18.5 Å². The van der Waals surface area contributed by atoms with Crippen molar-refractivity contribution in [3.8, 4) is 0 Å². The van der Waals surface area contributed by atoms with Crippen LogP contribution in [0.25, 0.3) is 0 Å². The molecule has 0 aliphatic carbocycles. The summed E-state index contributed by atoms with van der Waals surface area (Å²) in [5.74, 6) is -0.0956. The van der Waals surface area contributed by atoms with E-state index in [0.717, 1.165) is 46.7 Å². The Kier molecular flexibility index (Phi) is 5.74. The van der Waals surface area contributed by atoms with Crippen LogP contribution in [0.3, 0.4) is 0 Å². The van der Waals surface area contributed by atoms with E-state index in [1.165, 1.54) is 0 Å². The molecule has 0 spiro atoms. The van der Waals surface area contributed by atoms with Crippen molar-refractivity contribution in [1.82, 2.24) is 4.90 Å². The van der Waals surface area contributed by atoms with Crippen molar-refractivity contribution >= 4 is 49.7 Å². The van der Waals surface area contributed by atoms with Gasteiger partial charge in [0.25, 0.3) is 0 Å². The highest BCUT2D eigenvalue weighted by Crippen LogP contribution is 2.26. The maximum Gasteiger partial charge on any atom is 0.238 e. The van der Waals surface area contributed by atoms with Crippen LogP contribution in [-0.4, -0.2) is 36.2 Å². The summed E-state index contributed by atoms with van der Waals surface area (Å²) in [6, 6.07) is 5.46. The predicted molar refractivity (Wildman–Crippen MR) is 85.7 cm³/mol. The van der Waals surface area contributed by atoms with Gasteiger partial charge < -0.3 is 10.1 Å². The summed E-state index contributed by atoms with van der Waals surface area (Å²) in [5.41, 5.74) is 0.734. The molecule has 0 bridgehead atoms. The lowest BCUT2D eigenvalue weighted by Gasteiger charge is -2.31. The Bertz CT molecular complexity index is 508. The summed E-state index contributed by atoms with van der Waals surface area (Å²) in [7, 11) is 0. The third-order valence-electron chi connectivity index (χ3n) is 3.37. The lowest BCUT2D eigenvalue weighted by molar-refractivity contribution is -0.120. The third-order valence-corrected chi connectivity index (χ3v) is 4.52. The highest BCUT2D eigenvalue weighted by atomic mass is 79.9. The van der Waals surface area contributed by atoms with E-state index in [4.69, 9.17) is 0 Å². The quantitative estimate of drug-likeness (QED) is 0.785. The molecule has 108 valence electrons. The van der Waals surface area contributed by atoms with Crippen LogP contribution in [0.1, 0.15) is 19.3 Å². The van der Waals surface area contributed by atoms with Crippen LogP contribution in [0.5, 0.6) is 0 Å². The summed E-state index contributed by atoms with van der Waals surface area (Å²) >= 11 is 6.78. The van der Waals surface area contributed by atoms with Crippen LogP contribution >= 0.6 is 31.9 Å². The van der Waals surface area contributed by atoms with Gasteiger partial charge in [-0.1, -0.05) is 22.4 Å². The lowest BCUT2D eigenvalue weighted by Crippen LogP contribution is -2.44. The number of anilines is 1. The van der Waals surface area contributed by atoms with Gasteiger partial charge in [0.05, 0.1) is 18.3 Å². The molecule has 6 heteroatoms. The van der Waals surface area contributed by atoms with Gasteiger partial charge in [-0.15, -0.1) is 0 Å². The minimum Gasteiger partial charge on any atom is -0.324 e. The molecule has 0 aromatic heterocycles. The molecule has 1 aliphatic heterocycles. The van der Waals surface area contributed by atoms with Gasteiger partial charge in [0, 0.05) is 8.95 Å². The predicted octanol–water partition coefficient (Wildman–Crippen LogP) is 3.20. The van der Waals surface area contributed by atoms with E-state index in [1.807, 2.05) is 23.1 Å². The summed E-state index contributed by atoms with van der Waals surface area (Å²) in [5, 5.41) is 2.87. The van der Waals surface area contributed by atoms with Gasteiger partial charge in [0.2, 0.25) is 5.91 Å². The van der Waals surface area contributed by atoms with Crippen LogP contribution in [-0.2, 0) is 9.59 Å². The zero-order valence-corrected chi connectivity index (χ0v) is 14.1. The van der Waals surface area contributed by atoms with Crippen molar-refractivity contribution < 1.29 is 9.59 Å². The number of carbonyl (C=O) groups is 2. The van der Waals surface area contributed by atoms with Gasteiger partial charge in [0.15, 0.2) is 0 Å². The second-order valence-electron chi connectivity index (χ2n) is 4.84. The molecule has 0 saturated carbocycles. The second-order valence-corrected chi connectivity index (χ2v) is 6.61. The number of hydrogen-bond donors (Lipinski definition) is 1. The first-order chi connectivity index (χ1) is 9.60. The first-order valence-corrected chi connectivity index (χ1v) is 8.13. The number of nitrogens with zero attached hydrogens (tertiary/aromatic N) is 1. The normalized spacial score (nSPS) is 19.6. The summed E-state index contributed by atoms with van der Waals surface area (Å²) in [6.45, 7) is 1.06. The third kappa shape index (κ3) is 4.14. The molecule has 1 amide bonds. The molecular weight excluding hydrogens is 388 g/mol. The minimum absolute atomic E-state index is 0.0956. The van der Waals surface area contributed by atoms with Gasteiger partial charge in [-0.05, 0) is 53.5 Å². The molecule has 4 nitrogen and oxygen atoms in total.